The maximum Gasteiger partial charge on any atom is 0.159 e. The van der Waals surface area contributed by atoms with Crippen LogP contribution in [0.25, 0.3) is 0 Å². The molecule has 1 heterocycles. The third-order valence-corrected chi connectivity index (χ3v) is 2.45. The highest BCUT2D eigenvalue weighted by atomic mass is 16.1. The molecule has 0 saturated heterocycles. The van der Waals surface area contributed by atoms with Crippen LogP contribution in [-0.4, -0.2) is 23.3 Å². The van der Waals surface area contributed by atoms with Crippen molar-refractivity contribution in [2.45, 2.75) is 40.2 Å². The molecule has 0 N–H and O–H groups in total. The molecule has 0 aromatic carbocycles. The van der Waals surface area contributed by atoms with E-state index in [-0.39, 0.29) is 5.78 Å². The van der Waals surface area contributed by atoms with Crippen LogP contribution in [0.4, 0.5) is 0 Å². The zero-order valence-electron chi connectivity index (χ0n) is 9.00. The lowest BCUT2D eigenvalue weighted by molar-refractivity contribution is -0.115. The molecule has 1 aliphatic heterocycles. The first kappa shape index (κ1) is 10.3. The van der Waals surface area contributed by atoms with Crippen LogP contribution in [0.1, 0.15) is 34.1 Å². The predicted octanol–water partition coefficient (Wildman–Crippen LogP) is 2.21. The van der Waals surface area contributed by atoms with Gasteiger partial charge < -0.3 is 4.90 Å². The van der Waals surface area contributed by atoms with Crippen LogP contribution in [0, 0.1) is 5.92 Å². The van der Waals surface area contributed by atoms with E-state index in [2.05, 4.69) is 32.6 Å². The molecule has 0 aromatic heterocycles. The highest BCUT2D eigenvalue weighted by Gasteiger charge is 2.21. The monoisotopic (exact) mass is 181 g/mol. The van der Waals surface area contributed by atoms with Gasteiger partial charge in [0.15, 0.2) is 5.78 Å². The van der Waals surface area contributed by atoms with Crippen LogP contribution in [0.15, 0.2) is 11.8 Å². The lowest BCUT2D eigenvalue weighted by atomic mass is 10.0. The zero-order chi connectivity index (χ0) is 10.0. The number of rotatable bonds is 2. The summed E-state index contributed by atoms with van der Waals surface area (Å²) >= 11 is 0. The maximum absolute atomic E-state index is 11.2. The van der Waals surface area contributed by atoms with Gasteiger partial charge in [-0.15, -0.1) is 0 Å². The molecule has 2 nitrogen and oxygen atoms in total. The Morgan fingerprint density at radius 1 is 1.31 bits per heavy atom. The second-order valence-corrected chi connectivity index (χ2v) is 4.23. The molecule has 0 spiro atoms. The van der Waals surface area contributed by atoms with Gasteiger partial charge >= 0.3 is 0 Å². The number of carbonyl (C=O) groups excluding carboxylic acids is 1. The fourth-order valence-electron chi connectivity index (χ4n) is 1.73. The highest BCUT2D eigenvalue weighted by molar-refractivity contribution is 5.91. The summed E-state index contributed by atoms with van der Waals surface area (Å²) < 4.78 is 0. The van der Waals surface area contributed by atoms with Gasteiger partial charge in [-0.25, -0.2) is 0 Å². The van der Waals surface area contributed by atoms with Gasteiger partial charge in [0.2, 0.25) is 0 Å². The first-order valence-corrected chi connectivity index (χ1v) is 5.03. The van der Waals surface area contributed by atoms with Gasteiger partial charge in [0, 0.05) is 30.8 Å². The van der Waals surface area contributed by atoms with Crippen LogP contribution in [0.3, 0.4) is 0 Å². The fourth-order valence-corrected chi connectivity index (χ4v) is 1.73. The fraction of sp³-hybridized carbons (Fsp3) is 0.727. The Morgan fingerprint density at radius 3 is 2.38 bits per heavy atom. The summed E-state index contributed by atoms with van der Waals surface area (Å²) in [6.45, 7) is 9.51. The van der Waals surface area contributed by atoms with Crippen LogP contribution >= 0.6 is 0 Å². The summed E-state index contributed by atoms with van der Waals surface area (Å²) in [4.78, 5) is 13.6. The summed E-state index contributed by atoms with van der Waals surface area (Å²) in [5.74, 6) is 0.729. The molecule has 1 rings (SSSR count). The van der Waals surface area contributed by atoms with Crippen molar-refractivity contribution in [2.75, 3.05) is 6.54 Å². The van der Waals surface area contributed by atoms with Gasteiger partial charge in [-0.1, -0.05) is 13.8 Å². The maximum atomic E-state index is 11.2. The molecule has 2 heteroatoms. The normalized spacial score (nSPS) is 18.5. The summed E-state index contributed by atoms with van der Waals surface area (Å²) in [6, 6.07) is 0.502. The Labute approximate surface area is 80.6 Å². The van der Waals surface area contributed by atoms with Gasteiger partial charge in [0.25, 0.3) is 0 Å². The van der Waals surface area contributed by atoms with E-state index in [0.717, 1.165) is 6.54 Å². The largest absolute Gasteiger partial charge is 0.372 e. The Kier molecular flexibility index (Phi) is 3.12. The molecular formula is C11H19NO. The molecular weight excluding hydrogens is 162 g/mol. The molecule has 0 unspecified atom stereocenters. The Hall–Kier alpha value is -0.790. The lowest BCUT2D eigenvalue weighted by Gasteiger charge is -2.35. The van der Waals surface area contributed by atoms with Crippen molar-refractivity contribution >= 4 is 5.78 Å². The van der Waals surface area contributed by atoms with Crippen LogP contribution < -0.4 is 0 Å². The lowest BCUT2D eigenvalue weighted by Crippen LogP contribution is -2.37. The minimum atomic E-state index is 0.278. The van der Waals surface area contributed by atoms with Gasteiger partial charge in [0.05, 0.1) is 0 Å². The van der Waals surface area contributed by atoms with E-state index in [1.807, 2.05) is 6.08 Å². The van der Waals surface area contributed by atoms with E-state index in [1.54, 1.807) is 0 Å². The van der Waals surface area contributed by atoms with E-state index in [4.69, 9.17) is 0 Å². The number of carbonyl (C=O) groups is 1. The van der Waals surface area contributed by atoms with E-state index in [0.29, 0.717) is 18.4 Å². The summed E-state index contributed by atoms with van der Waals surface area (Å²) in [6.07, 6.45) is 2.49. The zero-order valence-corrected chi connectivity index (χ0v) is 9.00. The third-order valence-electron chi connectivity index (χ3n) is 2.45. The molecule has 0 radical (unpaired) electrons. The van der Waals surface area contributed by atoms with Crippen molar-refractivity contribution in [1.29, 1.82) is 0 Å². The summed E-state index contributed by atoms with van der Waals surface area (Å²) in [7, 11) is 0. The molecule has 0 bridgehead atoms. The quantitative estimate of drug-likeness (QED) is 0.651. The average Bonchev–Trinajstić information content (AvgIpc) is 2.03. The van der Waals surface area contributed by atoms with E-state index < -0.39 is 0 Å². The van der Waals surface area contributed by atoms with Crippen LogP contribution in [0.5, 0.6) is 0 Å². The molecule has 0 fully saturated rings. The summed E-state index contributed by atoms with van der Waals surface area (Å²) in [5, 5.41) is 0. The van der Waals surface area contributed by atoms with Gasteiger partial charge in [-0.3, -0.25) is 4.79 Å². The molecule has 0 amide bonds. The Balaban J connectivity index is 2.86. The predicted molar refractivity (Wildman–Crippen MR) is 54.4 cm³/mol. The Bertz CT molecular complexity index is 228. The molecule has 0 aromatic rings. The van der Waals surface area contributed by atoms with Crippen LogP contribution in [0.2, 0.25) is 0 Å². The Morgan fingerprint density at radius 2 is 1.92 bits per heavy atom. The van der Waals surface area contributed by atoms with Crippen molar-refractivity contribution in [3.8, 4) is 0 Å². The van der Waals surface area contributed by atoms with Gasteiger partial charge in [-0.05, 0) is 19.8 Å². The van der Waals surface area contributed by atoms with Gasteiger partial charge in [0.1, 0.15) is 0 Å². The number of nitrogens with zero attached hydrogens (tertiary/aromatic N) is 1. The van der Waals surface area contributed by atoms with E-state index >= 15 is 0 Å². The van der Waals surface area contributed by atoms with Crippen molar-refractivity contribution in [3.63, 3.8) is 0 Å². The SMILES string of the molecule is CC(C)C1=CC(=O)CCN1C(C)C. The number of ketones is 1. The van der Waals surface area contributed by atoms with Crippen molar-refractivity contribution in [3.05, 3.63) is 11.8 Å². The minimum absolute atomic E-state index is 0.278. The number of hydrogen-bond acceptors (Lipinski definition) is 2. The first-order valence-electron chi connectivity index (χ1n) is 5.03. The molecule has 0 aliphatic carbocycles. The van der Waals surface area contributed by atoms with E-state index in [9.17, 15) is 4.79 Å². The van der Waals surface area contributed by atoms with Crippen molar-refractivity contribution < 1.29 is 4.79 Å². The first-order chi connectivity index (χ1) is 6.02. The standard InChI is InChI=1S/C11H19NO/c1-8(2)11-7-10(13)5-6-12(11)9(3)4/h7-9H,5-6H2,1-4H3. The molecule has 13 heavy (non-hydrogen) atoms. The van der Waals surface area contributed by atoms with Crippen molar-refractivity contribution in [1.82, 2.24) is 4.90 Å². The second-order valence-electron chi connectivity index (χ2n) is 4.23. The molecule has 1 aliphatic rings. The smallest absolute Gasteiger partial charge is 0.159 e. The third kappa shape index (κ3) is 2.33. The average molecular weight is 181 g/mol. The van der Waals surface area contributed by atoms with Crippen LogP contribution in [-0.2, 0) is 4.79 Å². The summed E-state index contributed by atoms with van der Waals surface area (Å²) in [5.41, 5.74) is 1.20. The van der Waals surface area contributed by atoms with E-state index in [1.165, 1.54) is 5.70 Å². The van der Waals surface area contributed by atoms with Crippen molar-refractivity contribution in [2.24, 2.45) is 5.92 Å². The number of allylic oxidation sites excluding steroid dienone is 2. The molecule has 74 valence electrons. The van der Waals surface area contributed by atoms with Gasteiger partial charge in [-0.2, -0.15) is 0 Å². The minimum Gasteiger partial charge on any atom is -0.372 e. The molecule has 0 atom stereocenters. The second kappa shape index (κ2) is 3.95. The molecule has 0 saturated carbocycles. The topological polar surface area (TPSA) is 20.3 Å². The highest BCUT2D eigenvalue weighted by Crippen LogP contribution is 2.22. The number of hydrogen-bond donors (Lipinski definition) is 0.